The first kappa shape index (κ1) is 24.7. The lowest BCUT2D eigenvalue weighted by atomic mass is 9.96. The summed E-state index contributed by atoms with van der Waals surface area (Å²) in [5.74, 6) is 0.934. The summed E-state index contributed by atoms with van der Waals surface area (Å²) in [5.41, 5.74) is 0. The zero-order valence-electron chi connectivity index (χ0n) is 17.6. The van der Waals surface area contributed by atoms with Gasteiger partial charge in [-0.05, 0) is 31.6 Å². The van der Waals surface area contributed by atoms with E-state index in [0.29, 0.717) is 0 Å². The van der Waals surface area contributed by atoms with Crippen molar-refractivity contribution in [1.29, 1.82) is 0 Å². The van der Waals surface area contributed by atoms with Gasteiger partial charge in [0.15, 0.2) is 0 Å². The van der Waals surface area contributed by atoms with Crippen molar-refractivity contribution in [3.05, 3.63) is 26.0 Å². The number of unbranched alkanes of at least 4 members (excludes halogenated alkanes) is 14. The maximum atomic E-state index is 3.93. The Kier molecular flexibility index (Phi) is 21.6. The molecule has 0 heterocycles. The molecule has 0 aliphatic carbocycles. The van der Waals surface area contributed by atoms with Crippen LogP contribution in [0.1, 0.15) is 129 Å². The predicted molar refractivity (Wildman–Crippen MR) is 117 cm³/mol. The molecule has 0 nitrogen and oxygen atoms in total. The third kappa shape index (κ3) is 21.7. The summed E-state index contributed by atoms with van der Waals surface area (Å²) < 4.78 is 0. The van der Waals surface area contributed by atoms with E-state index in [1.165, 1.54) is 109 Å². The van der Waals surface area contributed by atoms with E-state index < -0.39 is 0 Å². The minimum Gasteiger partial charge on any atom is -0.0885 e. The molecule has 0 saturated carbocycles. The van der Waals surface area contributed by atoms with E-state index in [0.717, 1.165) is 18.8 Å². The van der Waals surface area contributed by atoms with Gasteiger partial charge in [-0.3, -0.25) is 0 Å². The quantitative estimate of drug-likeness (QED) is 0.152. The highest BCUT2D eigenvalue weighted by Crippen LogP contribution is 2.18. The fourth-order valence-electron chi connectivity index (χ4n) is 3.48. The lowest BCUT2D eigenvalue weighted by molar-refractivity contribution is 0.437. The van der Waals surface area contributed by atoms with E-state index in [9.17, 15) is 0 Å². The highest BCUT2D eigenvalue weighted by Gasteiger charge is 2.01. The summed E-state index contributed by atoms with van der Waals surface area (Å²) >= 11 is 0. The zero-order chi connectivity index (χ0) is 18.4. The first-order chi connectivity index (χ1) is 12.3. The van der Waals surface area contributed by atoms with Crippen LogP contribution < -0.4 is 0 Å². The zero-order valence-corrected chi connectivity index (χ0v) is 17.6. The van der Waals surface area contributed by atoms with Gasteiger partial charge < -0.3 is 0 Å². The van der Waals surface area contributed by atoms with Gasteiger partial charge in [0, 0.05) is 0 Å². The summed E-state index contributed by atoms with van der Waals surface area (Å²) in [6, 6.07) is 0. The van der Waals surface area contributed by atoms with Gasteiger partial charge in [-0.25, -0.2) is 0 Å². The highest BCUT2D eigenvalue weighted by molar-refractivity contribution is 4.81. The normalized spacial score (nSPS) is 12.9. The monoisotopic (exact) mass is 348 g/mol. The molecule has 0 rings (SSSR count). The minimum absolute atomic E-state index is 0.934. The van der Waals surface area contributed by atoms with E-state index in [4.69, 9.17) is 0 Å². The van der Waals surface area contributed by atoms with Crippen molar-refractivity contribution in [3.63, 3.8) is 0 Å². The Labute approximate surface area is 161 Å². The Hall–Kier alpha value is -0.260. The fraction of sp³-hybridized carbons (Fsp3) is 0.840. The van der Waals surface area contributed by atoms with Crippen molar-refractivity contribution in [2.45, 2.75) is 129 Å². The number of rotatable bonds is 20. The molecule has 0 aromatic heterocycles. The summed E-state index contributed by atoms with van der Waals surface area (Å²) in [7, 11) is 0. The Bertz CT molecular complexity index is 253. The molecule has 0 aliphatic rings. The lowest BCUT2D eigenvalue weighted by Gasteiger charge is -2.10. The van der Waals surface area contributed by atoms with Crippen LogP contribution in [0.5, 0.6) is 0 Å². The van der Waals surface area contributed by atoms with Crippen molar-refractivity contribution in [1.82, 2.24) is 0 Å². The molecule has 0 aliphatic heterocycles. The van der Waals surface area contributed by atoms with Crippen molar-refractivity contribution in [2.24, 2.45) is 5.92 Å². The molecule has 0 bridgehead atoms. The summed E-state index contributed by atoms with van der Waals surface area (Å²) in [5, 5.41) is 0. The molecule has 0 heteroatoms. The largest absolute Gasteiger partial charge is 0.0885 e. The van der Waals surface area contributed by atoms with Crippen LogP contribution in [-0.4, -0.2) is 0 Å². The molecule has 1 atom stereocenters. The van der Waals surface area contributed by atoms with Crippen LogP contribution in [0.3, 0.4) is 0 Å². The topological polar surface area (TPSA) is 0 Å². The summed E-state index contributed by atoms with van der Waals surface area (Å²) in [6.07, 6.45) is 30.7. The van der Waals surface area contributed by atoms with Gasteiger partial charge in [-0.1, -0.05) is 129 Å². The lowest BCUT2D eigenvalue weighted by Crippen LogP contribution is -1.94. The smallest absolute Gasteiger partial charge is 0.0351 e. The number of allylic oxidation sites excluding steroid dienone is 2. The second-order valence-electron chi connectivity index (χ2n) is 8.03. The van der Waals surface area contributed by atoms with E-state index in [1.54, 1.807) is 0 Å². The van der Waals surface area contributed by atoms with Crippen LogP contribution in [-0.2, 0) is 0 Å². The molecule has 0 amide bonds. The SMILES string of the molecule is [CH2]CCCCC=CCCCCCCCCCCCC(C)CCCC[CH2]. The molecule has 0 aromatic rings. The van der Waals surface area contributed by atoms with Crippen molar-refractivity contribution in [3.8, 4) is 0 Å². The third-order valence-electron chi connectivity index (χ3n) is 5.30. The molecule has 1 unspecified atom stereocenters. The average molecular weight is 349 g/mol. The van der Waals surface area contributed by atoms with Crippen LogP contribution in [0.15, 0.2) is 12.2 Å². The number of hydrogen-bond donors (Lipinski definition) is 0. The first-order valence-electron chi connectivity index (χ1n) is 11.5. The molecule has 0 aromatic carbocycles. The van der Waals surface area contributed by atoms with Crippen LogP contribution in [0.25, 0.3) is 0 Å². The molecule has 2 radical (unpaired) electrons. The van der Waals surface area contributed by atoms with E-state index >= 15 is 0 Å². The Balaban J connectivity index is 3.11. The number of hydrogen-bond acceptors (Lipinski definition) is 0. The van der Waals surface area contributed by atoms with Gasteiger partial charge in [0.05, 0.1) is 0 Å². The second-order valence-corrected chi connectivity index (χ2v) is 8.03. The molecule has 148 valence electrons. The fourth-order valence-corrected chi connectivity index (χ4v) is 3.48. The standard InChI is InChI=1S/C25H48/c1-4-6-8-9-10-11-12-13-14-15-16-17-18-19-20-22-24-25(3)23-21-7-5-2/h10-11,25H,1-2,4-9,12-24H2,3H3. The molecule has 0 saturated heterocycles. The summed E-state index contributed by atoms with van der Waals surface area (Å²) in [4.78, 5) is 0. The maximum absolute atomic E-state index is 3.93. The van der Waals surface area contributed by atoms with Crippen LogP contribution >= 0.6 is 0 Å². The highest BCUT2D eigenvalue weighted by atomic mass is 14.1. The summed E-state index contributed by atoms with van der Waals surface area (Å²) in [6.45, 7) is 10.2. The minimum atomic E-state index is 0.934. The van der Waals surface area contributed by atoms with Gasteiger partial charge in [0.1, 0.15) is 0 Å². The van der Waals surface area contributed by atoms with Gasteiger partial charge >= 0.3 is 0 Å². The molecule has 0 spiro atoms. The molecule has 0 N–H and O–H groups in total. The molecule has 25 heavy (non-hydrogen) atoms. The molecule has 0 fully saturated rings. The van der Waals surface area contributed by atoms with E-state index in [-0.39, 0.29) is 0 Å². The third-order valence-corrected chi connectivity index (χ3v) is 5.30. The van der Waals surface area contributed by atoms with Crippen molar-refractivity contribution < 1.29 is 0 Å². The van der Waals surface area contributed by atoms with Crippen LogP contribution in [0.4, 0.5) is 0 Å². The Morgan fingerprint density at radius 3 is 1.40 bits per heavy atom. The molecular weight excluding hydrogens is 300 g/mol. The second kappa shape index (κ2) is 21.8. The maximum Gasteiger partial charge on any atom is -0.0351 e. The predicted octanol–water partition coefficient (Wildman–Crippen LogP) is 9.26. The van der Waals surface area contributed by atoms with Crippen LogP contribution in [0, 0.1) is 19.8 Å². The average Bonchev–Trinajstić information content (AvgIpc) is 2.61. The van der Waals surface area contributed by atoms with Gasteiger partial charge in [0.2, 0.25) is 0 Å². The van der Waals surface area contributed by atoms with Gasteiger partial charge in [0.25, 0.3) is 0 Å². The van der Waals surface area contributed by atoms with Crippen molar-refractivity contribution in [2.75, 3.05) is 0 Å². The van der Waals surface area contributed by atoms with Crippen molar-refractivity contribution >= 4 is 0 Å². The van der Waals surface area contributed by atoms with Gasteiger partial charge in [-0.15, -0.1) is 0 Å². The Morgan fingerprint density at radius 1 is 0.520 bits per heavy atom. The van der Waals surface area contributed by atoms with Gasteiger partial charge in [-0.2, -0.15) is 0 Å². The Morgan fingerprint density at radius 2 is 0.880 bits per heavy atom. The van der Waals surface area contributed by atoms with Crippen LogP contribution in [0.2, 0.25) is 0 Å². The van der Waals surface area contributed by atoms with E-state index in [1.807, 2.05) is 0 Å². The van der Waals surface area contributed by atoms with E-state index in [2.05, 4.69) is 32.9 Å². The first-order valence-corrected chi connectivity index (χ1v) is 11.5. The molecular formula is C25H48.